The Labute approximate surface area is 148 Å². The van der Waals surface area contributed by atoms with Crippen LogP contribution in [-0.4, -0.2) is 44.5 Å². The quantitative estimate of drug-likeness (QED) is 0.185. The van der Waals surface area contributed by atoms with Gasteiger partial charge in [0.2, 0.25) is 0 Å². The van der Waals surface area contributed by atoms with E-state index >= 15 is 0 Å². The van der Waals surface area contributed by atoms with Crippen LogP contribution in [0.25, 0.3) is 0 Å². The Morgan fingerprint density at radius 1 is 0.920 bits per heavy atom. The minimum absolute atomic E-state index is 0.0145. The molecular weight excluding hydrogens is 328 g/mol. The summed E-state index contributed by atoms with van der Waals surface area (Å²) >= 11 is 0. The van der Waals surface area contributed by atoms with Gasteiger partial charge in [-0.05, 0) is 45.4 Å². The highest BCUT2D eigenvalue weighted by molar-refractivity contribution is 5.81. The number of ether oxygens (including phenoxy) is 4. The predicted octanol–water partition coefficient (Wildman–Crippen LogP) is 2.38. The molecule has 0 bridgehead atoms. The number of unbranched alkanes of at least 4 members (excludes halogenated alkanes) is 1. The maximum Gasteiger partial charge on any atom is 0.330 e. The van der Waals surface area contributed by atoms with Gasteiger partial charge in [0.1, 0.15) is 0 Å². The topological polar surface area (TPSA) is 88.1 Å². The Balaban J connectivity index is 2.11. The molecule has 0 aliphatic heterocycles. The van der Waals surface area contributed by atoms with Crippen molar-refractivity contribution in [2.45, 2.75) is 45.4 Å². The summed E-state index contributed by atoms with van der Waals surface area (Å²) in [6.07, 6.45) is 4.89. The van der Waals surface area contributed by atoms with E-state index < -0.39 is 5.97 Å². The number of hydrogen-bond donors (Lipinski definition) is 0. The minimum Gasteiger partial charge on any atom is -0.465 e. The molecule has 0 atom stereocenters. The molecular formula is C18H28O7. The molecule has 0 N–H and O–H groups in total. The lowest BCUT2D eigenvalue weighted by atomic mass is 9.82. The van der Waals surface area contributed by atoms with Crippen molar-refractivity contribution in [1.82, 2.24) is 0 Å². The third-order valence-corrected chi connectivity index (χ3v) is 4.08. The monoisotopic (exact) mass is 356 g/mol. The summed E-state index contributed by atoms with van der Waals surface area (Å²) in [7, 11) is 0. The molecule has 1 fully saturated rings. The summed E-state index contributed by atoms with van der Waals surface area (Å²) in [6, 6.07) is 0. The van der Waals surface area contributed by atoms with E-state index in [0.29, 0.717) is 51.7 Å². The first-order chi connectivity index (χ1) is 12.1. The maximum absolute atomic E-state index is 12.0. The van der Waals surface area contributed by atoms with E-state index in [9.17, 15) is 14.4 Å². The van der Waals surface area contributed by atoms with Crippen LogP contribution in [0.4, 0.5) is 0 Å². The van der Waals surface area contributed by atoms with Crippen molar-refractivity contribution in [3.63, 3.8) is 0 Å². The van der Waals surface area contributed by atoms with Gasteiger partial charge in [0.25, 0.3) is 0 Å². The van der Waals surface area contributed by atoms with Crippen molar-refractivity contribution < 1.29 is 33.3 Å². The van der Waals surface area contributed by atoms with Gasteiger partial charge in [0.15, 0.2) is 6.79 Å². The second kappa shape index (κ2) is 12.5. The van der Waals surface area contributed by atoms with Crippen molar-refractivity contribution >= 4 is 17.9 Å². The standard InChI is InChI=1S/C18H28O7/c1-3-16(19)23-11-5-6-12-24-17(20)14-7-9-15(10-8-14)18(21)25-13-22-4-2/h3,14-15H,1,4-13H2,2H3. The zero-order valence-corrected chi connectivity index (χ0v) is 14.9. The van der Waals surface area contributed by atoms with Crippen molar-refractivity contribution in [3.8, 4) is 0 Å². The Kier molecular flexibility index (Phi) is 10.6. The molecule has 0 spiro atoms. The van der Waals surface area contributed by atoms with Gasteiger partial charge in [0, 0.05) is 12.7 Å². The van der Waals surface area contributed by atoms with Crippen LogP contribution in [0.15, 0.2) is 12.7 Å². The summed E-state index contributed by atoms with van der Waals surface area (Å²) in [5, 5.41) is 0. The second-order valence-corrected chi connectivity index (χ2v) is 5.87. The normalized spacial score (nSPS) is 19.7. The van der Waals surface area contributed by atoms with Crippen LogP contribution in [0, 0.1) is 11.8 Å². The average Bonchev–Trinajstić information content (AvgIpc) is 2.64. The van der Waals surface area contributed by atoms with Gasteiger partial charge >= 0.3 is 17.9 Å². The third-order valence-electron chi connectivity index (χ3n) is 4.08. The lowest BCUT2D eigenvalue weighted by Crippen LogP contribution is -2.28. The fourth-order valence-corrected chi connectivity index (χ4v) is 2.59. The van der Waals surface area contributed by atoms with E-state index in [2.05, 4.69) is 6.58 Å². The minimum atomic E-state index is -0.450. The fraction of sp³-hybridized carbons (Fsp3) is 0.722. The molecule has 1 aliphatic rings. The summed E-state index contributed by atoms with van der Waals surface area (Å²) in [6.45, 7) is 6.22. The lowest BCUT2D eigenvalue weighted by molar-refractivity contribution is -0.164. The number of rotatable bonds is 11. The Morgan fingerprint density at radius 2 is 1.44 bits per heavy atom. The van der Waals surface area contributed by atoms with Crippen molar-refractivity contribution in [2.24, 2.45) is 11.8 Å². The van der Waals surface area contributed by atoms with Gasteiger partial charge in [-0.25, -0.2) is 4.79 Å². The average molecular weight is 356 g/mol. The Bertz CT molecular complexity index is 439. The molecule has 1 saturated carbocycles. The van der Waals surface area contributed by atoms with E-state index in [1.165, 1.54) is 0 Å². The van der Waals surface area contributed by atoms with Gasteiger partial charge in [-0.3, -0.25) is 9.59 Å². The van der Waals surface area contributed by atoms with Crippen LogP contribution in [-0.2, 0) is 33.3 Å². The van der Waals surface area contributed by atoms with Crippen LogP contribution in [0.5, 0.6) is 0 Å². The van der Waals surface area contributed by atoms with Crippen molar-refractivity contribution in [3.05, 3.63) is 12.7 Å². The molecule has 0 saturated heterocycles. The van der Waals surface area contributed by atoms with Gasteiger partial charge in [-0.1, -0.05) is 6.58 Å². The molecule has 0 radical (unpaired) electrons. The lowest BCUT2D eigenvalue weighted by Gasteiger charge is -2.25. The van der Waals surface area contributed by atoms with Gasteiger partial charge < -0.3 is 18.9 Å². The van der Waals surface area contributed by atoms with E-state index in [-0.39, 0.29) is 37.2 Å². The third kappa shape index (κ3) is 8.67. The summed E-state index contributed by atoms with van der Waals surface area (Å²) in [5.74, 6) is -1.24. The van der Waals surface area contributed by atoms with Crippen molar-refractivity contribution in [2.75, 3.05) is 26.6 Å². The largest absolute Gasteiger partial charge is 0.465 e. The molecule has 0 aromatic carbocycles. The highest BCUT2D eigenvalue weighted by Gasteiger charge is 2.31. The molecule has 1 rings (SSSR count). The second-order valence-electron chi connectivity index (χ2n) is 5.87. The Hall–Kier alpha value is -1.89. The summed E-state index contributed by atoms with van der Waals surface area (Å²) in [5.41, 5.74) is 0. The molecule has 7 nitrogen and oxygen atoms in total. The first kappa shape index (κ1) is 21.2. The predicted molar refractivity (Wildman–Crippen MR) is 89.4 cm³/mol. The number of carbonyl (C=O) groups excluding carboxylic acids is 3. The smallest absolute Gasteiger partial charge is 0.330 e. The van der Waals surface area contributed by atoms with Crippen molar-refractivity contribution in [1.29, 1.82) is 0 Å². The molecule has 0 amide bonds. The maximum atomic E-state index is 12.0. The Morgan fingerprint density at radius 3 is 1.96 bits per heavy atom. The van der Waals surface area contributed by atoms with Crippen LogP contribution in [0.2, 0.25) is 0 Å². The van der Waals surface area contributed by atoms with Gasteiger partial charge in [0.05, 0.1) is 25.0 Å². The first-order valence-electron chi connectivity index (χ1n) is 8.78. The van der Waals surface area contributed by atoms with E-state index in [4.69, 9.17) is 18.9 Å². The van der Waals surface area contributed by atoms with E-state index in [1.807, 2.05) is 6.92 Å². The summed E-state index contributed by atoms with van der Waals surface area (Å²) in [4.78, 5) is 34.7. The van der Waals surface area contributed by atoms with Gasteiger partial charge in [-0.2, -0.15) is 0 Å². The molecule has 142 valence electrons. The SMILES string of the molecule is C=CC(=O)OCCCCOC(=O)C1CCC(C(=O)OCOCC)CC1. The molecule has 0 heterocycles. The van der Waals surface area contributed by atoms with Crippen LogP contribution >= 0.6 is 0 Å². The van der Waals surface area contributed by atoms with Crippen LogP contribution in [0.3, 0.4) is 0 Å². The molecule has 0 aromatic rings. The fourth-order valence-electron chi connectivity index (χ4n) is 2.59. The number of carbonyl (C=O) groups is 3. The highest BCUT2D eigenvalue weighted by atomic mass is 16.7. The molecule has 1 aliphatic carbocycles. The number of hydrogen-bond acceptors (Lipinski definition) is 7. The van der Waals surface area contributed by atoms with Crippen LogP contribution < -0.4 is 0 Å². The molecule has 0 unspecified atom stereocenters. The molecule has 0 aromatic heterocycles. The van der Waals surface area contributed by atoms with Gasteiger partial charge in [-0.15, -0.1) is 0 Å². The highest BCUT2D eigenvalue weighted by Crippen LogP contribution is 2.30. The van der Waals surface area contributed by atoms with E-state index in [0.717, 1.165) is 6.08 Å². The zero-order chi connectivity index (χ0) is 18.5. The molecule has 25 heavy (non-hydrogen) atoms. The summed E-state index contributed by atoms with van der Waals surface area (Å²) < 4.78 is 20.1. The van der Waals surface area contributed by atoms with E-state index in [1.54, 1.807) is 0 Å². The molecule has 7 heteroatoms. The number of esters is 3. The zero-order valence-electron chi connectivity index (χ0n) is 14.9. The van der Waals surface area contributed by atoms with Crippen LogP contribution in [0.1, 0.15) is 45.4 Å². The first-order valence-corrected chi connectivity index (χ1v) is 8.78.